The van der Waals surface area contributed by atoms with Gasteiger partial charge in [-0.2, -0.15) is 0 Å². The molecular weight excluding hydrogens is 581 g/mol. The predicted octanol–water partition coefficient (Wildman–Crippen LogP) is 9.64. The minimum atomic E-state index is 0. The molecule has 6 aromatic carbocycles. The summed E-state index contributed by atoms with van der Waals surface area (Å²) in [5.41, 5.74) is 5.37. The molecule has 0 aliphatic carbocycles. The van der Waals surface area contributed by atoms with Crippen LogP contribution in [0.1, 0.15) is 45.7 Å². The van der Waals surface area contributed by atoms with Gasteiger partial charge in [0.1, 0.15) is 0 Å². The van der Waals surface area contributed by atoms with Crippen LogP contribution in [-0.4, -0.2) is 25.7 Å². The molecular formula is C37H28BBrNO2. The third kappa shape index (κ3) is 6.99. The highest BCUT2D eigenvalue weighted by molar-refractivity contribution is 9.10. The van der Waals surface area contributed by atoms with Crippen molar-refractivity contribution in [3.05, 3.63) is 160 Å². The van der Waals surface area contributed by atoms with Crippen LogP contribution in [-0.2, 0) is 0 Å². The molecule has 0 spiro atoms. The van der Waals surface area contributed by atoms with Gasteiger partial charge in [-0.3, -0.25) is 9.59 Å². The fourth-order valence-corrected chi connectivity index (χ4v) is 5.17. The summed E-state index contributed by atoms with van der Waals surface area (Å²) in [5, 5.41) is 4.09. The van der Waals surface area contributed by atoms with E-state index in [0.717, 1.165) is 59.7 Å². The molecule has 0 fully saturated rings. The monoisotopic (exact) mass is 608 g/mol. The maximum Gasteiger partial charge on any atom is 0.160 e. The molecule has 5 heteroatoms. The van der Waals surface area contributed by atoms with Gasteiger partial charge in [0.25, 0.3) is 0 Å². The predicted molar refractivity (Wildman–Crippen MR) is 180 cm³/mol. The van der Waals surface area contributed by atoms with Crippen LogP contribution in [0, 0.1) is 0 Å². The number of fused-ring (bicyclic) bond motifs is 2. The van der Waals surface area contributed by atoms with E-state index in [2.05, 4.69) is 40.2 Å². The highest BCUT2D eigenvalue weighted by atomic mass is 79.9. The lowest BCUT2D eigenvalue weighted by atomic mass is 10.0. The van der Waals surface area contributed by atoms with Crippen LogP contribution in [0.4, 0.5) is 5.69 Å². The van der Waals surface area contributed by atoms with Gasteiger partial charge in [0.15, 0.2) is 11.6 Å². The number of benzene rings is 6. The van der Waals surface area contributed by atoms with Crippen LogP contribution in [0.25, 0.3) is 21.5 Å². The fraction of sp³-hybridized carbons (Fsp3) is 0.0541. The molecule has 3 radical (unpaired) electrons. The second-order valence-electron chi connectivity index (χ2n) is 9.69. The van der Waals surface area contributed by atoms with Gasteiger partial charge >= 0.3 is 0 Å². The number of carbonyl (C=O) groups is 2. The van der Waals surface area contributed by atoms with E-state index in [1.807, 2.05) is 109 Å². The van der Waals surface area contributed by atoms with E-state index >= 15 is 0 Å². The van der Waals surface area contributed by atoms with Crippen LogP contribution >= 0.6 is 15.9 Å². The maximum absolute atomic E-state index is 12.0. The van der Waals surface area contributed by atoms with Crippen LogP contribution in [0.3, 0.4) is 0 Å². The number of hydrogen-bond acceptors (Lipinski definition) is 3. The molecule has 0 saturated heterocycles. The summed E-state index contributed by atoms with van der Waals surface area (Å²) < 4.78 is 0.999. The van der Waals surface area contributed by atoms with Crippen molar-refractivity contribution in [2.45, 2.75) is 13.8 Å². The highest BCUT2D eigenvalue weighted by Crippen LogP contribution is 2.27. The first-order valence-electron chi connectivity index (χ1n) is 13.3. The topological polar surface area (TPSA) is 46.5 Å². The Balaban J connectivity index is 0.000000228. The molecule has 0 aliphatic rings. The summed E-state index contributed by atoms with van der Waals surface area (Å²) in [6, 6.07) is 43.9. The van der Waals surface area contributed by atoms with E-state index in [-0.39, 0.29) is 20.0 Å². The van der Waals surface area contributed by atoms with Crippen molar-refractivity contribution in [1.82, 2.24) is 0 Å². The number of nitrogens with zero attached hydrogens (tertiary/aromatic N) is 1. The smallest absolute Gasteiger partial charge is 0.160 e. The second-order valence-corrected chi connectivity index (χ2v) is 10.6. The molecule has 0 heterocycles. The summed E-state index contributed by atoms with van der Waals surface area (Å²) >= 11 is 3.40. The zero-order chi connectivity index (χ0) is 28.8. The molecule has 0 aliphatic heterocycles. The molecule has 6 rings (SSSR count). The number of Topliss-reactive ketones (excluding diaryl/α,β-unsaturated/α-hetero) is 2. The van der Waals surface area contributed by atoms with Gasteiger partial charge in [0, 0.05) is 35.1 Å². The second kappa shape index (κ2) is 13.8. The van der Waals surface area contributed by atoms with Crippen molar-refractivity contribution in [3.8, 4) is 0 Å². The van der Waals surface area contributed by atoms with Gasteiger partial charge in [0.2, 0.25) is 0 Å². The van der Waals surface area contributed by atoms with Crippen LogP contribution < -0.4 is 0 Å². The number of halogens is 1. The summed E-state index contributed by atoms with van der Waals surface area (Å²) in [6.45, 7) is 3.19. The van der Waals surface area contributed by atoms with Crippen molar-refractivity contribution >= 4 is 68.9 Å². The molecule has 203 valence electrons. The lowest BCUT2D eigenvalue weighted by Gasteiger charge is -2.09. The summed E-state index contributed by atoms with van der Waals surface area (Å²) in [5.74, 6) is 0.168. The van der Waals surface area contributed by atoms with E-state index in [0.29, 0.717) is 0 Å². The third-order valence-electron chi connectivity index (χ3n) is 6.80. The number of hydrogen-bond donors (Lipinski definition) is 0. The molecule has 0 bridgehead atoms. The van der Waals surface area contributed by atoms with Gasteiger partial charge in [-0.25, -0.2) is 4.99 Å². The van der Waals surface area contributed by atoms with E-state index in [9.17, 15) is 9.59 Å². The molecule has 0 amide bonds. The van der Waals surface area contributed by atoms with Gasteiger partial charge in [0.05, 0.1) is 11.4 Å². The Bertz CT molecular complexity index is 1860. The van der Waals surface area contributed by atoms with E-state index in [1.165, 1.54) is 0 Å². The van der Waals surface area contributed by atoms with Gasteiger partial charge in [-0.15, -0.1) is 0 Å². The molecule has 3 nitrogen and oxygen atoms in total. The number of aliphatic imine (C=N–C) groups is 1. The summed E-state index contributed by atoms with van der Waals surface area (Å²) in [7, 11) is 0. The molecule has 0 atom stereocenters. The normalized spacial score (nSPS) is 10.3. The van der Waals surface area contributed by atoms with Crippen molar-refractivity contribution in [3.63, 3.8) is 0 Å². The maximum atomic E-state index is 12.0. The first-order chi connectivity index (χ1) is 19.9. The lowest BCUT2D eigenvalue weighted by Crippen LogP contribution is -2.02. The quantitative estimate of drug-likeness (QED) is 0.111. The van der Waals surface area contributed by atoms with Crippen molar-refractivity contribution in [2.24, 2.45) is 4.99 Å². The van der Waals surface area contributed by atoms with Gasteiger partial charge in [-0.1, -0.05) is 125 Å². The lowest BCUT2D eigenvalue weighted by molar-refractivity contribution is 0.101. The SMILES string of the molecule is CC(=O)c1cccc2ccc(Br)cc12.CC(=O)c1cccc2ccc(N=C(c3ccccc3)c3ccccc3)cc12.[B]. The standard InChI is InChI=1S/C25H19NO.C12H9BrO.B/c1-18(27)23-14-8-13-19-15-16-22(17-24(19)23)26-25(20-9-4-2-5-10-20)21-11-6-3-7-12-21;1-8(14)11-4-2-3-9-5-6-10(13)7-12(9)11;/h2-17H,1H3;2-7H,1H3;. The molecule has 0 aromatic heterocycles. The molecule has 6 aromatic rings. The highest BCUT2D eigenvalue weighted by Gasteiger charge is 2.09. The first-order valence-corrected chi connectivity index (χ1v) is 14.1. The zero-order valence-electron chi connectivity index (χ0n) is 23.4. The summed E-state index contributed by atoms with van der Waals surface area (Å²) in [6.07, 6.45) is 0. The fourth-order valence-electron chi connectivity index (χ4n) is 4.81. The number of ketones is 2. The van der Waals surface area contributed by atoms with Crippen molar-refractivity contribution < 1.29 is 9.59 Å². The van der Waals surface area contributed by atoms with Crippen molar-refractivity contribution in [2.75, 3.05) is 0 Å². The minimum absolute atomic E-state index is 0. The summed E-state index contributed by atoms with van der Waals surface area (Å²) in [4.78, 5) is 28.3. The molecule has 0 saturated carbocycles. The molecule has 0 unspecified atom stereocenters. The molecule has 0 N–H and O–H groups in total. The Hall–Kier alpha value is -4.61. The average molecular weight is 609 g/mol. The minimum Gasteiger partial charge on any atom is -0.294 e. The van der Waals surface area contributed by atoms with Gasteiger partial charge in [-0.05, 0) is 59.7 Å². The Morgan fingerprint density at radius 3 is 1.52 bits per heavy atom. The van der Waals surface area contributed by atoms with Gasteiger partial charge < -0.3 is 0 Å². The third-order valence-corrected chi connectivity index (χ3v) is 7.30. The number of carbonyl (C=O) groups excluding carboxylic acids is 2. The largest absolute Gasteiger partial charge is 0.294 e. The Morgan fingerprint density at radius 2 is 1.02 bits per heavy atom. The van der Waals surface area contributed by atoms with E-state index < -0.39 is 0 Å². The Morgan fingerprint density at radius 1 is 0.548 bits per heavy atom. The Kier molecular flexibility index (Phi) is 10.0. The molecule has 42 heavy (non-hydrogen) atoms. The Labute approximate surface area is 256 Å². The average Bonchev–Trinajstić information content (AvgIpc) is 3.00. The van der Waals surface area contributed by atoms with Crippen LogP contribution in [0.2, 0.25) is 0 Å². The van der Waals surface area contributed by atoms with Crippen LogP contribution in [0.5, 0.6) is 0 Å². The van der Waals surface area contributed by atoms with Crippen molar-refractivity contribution in [1.29, 1.82) is 0 Å². The van der Waals surface area contributed by atoms with E-state index in [1.54, 1.807) is 13.8 Å². The zero-order valence-corrected chi connectivity index (χ0v) is 25.0. The number of rotatable bonds is 5. The van der Waals surface area contributed by atoms with Crippen LogP contribution in [0.15, 0.2) is 143 Å². The van der Waals surface area contributed by atoms with E-state index in [4.69, 9.17) is 4.99 Å². The first kappa shape index (κ1) is 30.4.